The maximum absolute atomic E-state index is 9.85. The molecule has 7 nitrogen and oxygen atoms in total. The highest BCUT2D eigenvalue weighted by molar-refractivity contribution is 5.81. The van der Waals surface area contributed by atoms with E-state index in [0.29, 0.717) is 29.2 Å². The van der Waals surface area contributed by atoms with Crippen molar-refractivity contribution < 1.29 is 9.84 Å². The standard InChI is InChI=1S/C10H11N5O2/c1-5-2-6(16)10(17-5)15-4-14-7-8(11)12-3-13-9(7)15/h3-4,6,10,16H,1-2H2,(H2,11,12,13)/t6-,10?/m1/s1. The highest BCUT2D eigenvalue weighted by Crippen LogP contribution is 2.32. The summed E-state index contributed by atoms with van der Waals surface area (Å²) in [6.07, 6.45) is 2.08. The van der Waals surface area contributed by atoms with Crippen molar-refractivity contribution in [1.29, 1.82) is 0 Å². The van der Waals surface area contributed by atoms with Crippen LogP contribution in [-0.2, 0) is 4.74 Å². The summed E-state index contributed by atoms with van der Waals surface area (Å²) in [7, 11) is 0. The molecule has 17 heavy (non-hydrogen) atoms. The molecule has 1 aliphatic heterocycles. The Bertz CT molecular complexity index is 593. The van der Waals surface area contributed by atoms with Gasteiger partial charge in [0.25, 0.3) is 0 Å². The number of hydrogen-bond acceptors (Lipinski definition) is 6. The molecule has 0 amide bonds. The number of aliphatic hydroxyl groups excluding tert-OH is 1. The van der Waals surface area contributed by atoms with Gasteiger partial charge in [0.05, 0.1) is 5.76 Å². The molecule has 1 unspecified atom stereocenters. The average molecular weight is 233 g/mol. The van der Waals surface area contributed by atoms with Crippen molar-refractivity contribution in [2.75, 3.05) is 5.73 Å². The van der Waals surface area contributed by atoms with E-state index in [-0.39, 0.29) is 0 Å². The minimum atomic E-state index is -0.656. The Labute approximate surface area is 96.6 Å². The summed E-state index contributed by atoms with van der Waals surface area (Å²) in [5, 5.41) is 9.85. The third-order valence-electron chi connectivity index (χ3n) is 2.71. The Kier molecular flexibility index (Phi) is 2.02. The van der Waals surface area contributed by atoms with E-state index >= 15 is 0 Å². The molecule has 3 rings (SSSR count). The quantitative estimate of drug-likeness (QED) is 0.730. The van der Waals surface area contributed by atoms with Gasteiger partial charge in [-0.15, -0.1) is 0 Å². The van der Waals surface area contributed by atoms with E-state index in [0.717, 1.165) is 0 Å². The number of aliphatic hydroxyl groups is 1. The Morgan fingerprint density at radius 2 is 2.29 bits per heavy atom. The first-order chi connectivity index (χ1) is 8.16. The zero-order chi connectivity index (χ0) is 12.0. The molecule has 88 valence electrons. The molecule has 1 fully saturated rings. The van der Waals surface area contributed by atoms with Gasteiger partial charge in [0.1, 0.15) is 24.3 Å². The van der Waals surface area contributed by atoms with E-state index in [9.17, 15) is 5.11 Å². The van der Waals surface area contributed by atoms with Gasteiger partial charge in [-0.3, -0.25) is 4.57 Å². The minimum absolute atomic E-state index is 0.306. The number of imidazole rings is 1. The van der Waals surface area contributed by atoms with Crippen LogP contribution in [0.5, 0.6) is 0 Å². The molecule has 0 aliphatic carbocycles. The number of nitrogens with two attached hydrogens (primary N) is 1. The van der Waals surface area contributed by atoms with Crippen LogP contribution in [0.2, 0.25) is 0 Å². The van der Waals surface area contributed by atoms with Crippen LogP contribution >= 0.6 is 0 Å². The van der Waals surface area contributed by atoms with E-state index in [4.69, 9.17) is 10.5 Å². The predicted molar refractivity (Wildman–Crippen MR) is 59.6 cm³/mol. The number of anilines is 1. The van der Waals surface area contributed by atoms with Crippen LogP contribution in [0, 0.1) is 0 Å². The zero-order valence-electron chi connectivity index (χ0n) is 8.95. The first-order valence-corrected chi connectivity index (χ1v) is 5.12. The SMILES string of the molecule is C=C1C[C@@H](O)C(n2cnc3c(N)ncnc32)O1. The summed E-state index contributed by atoms with van der Waals surface area (Å²) in [6, 6.07) is 0. The summed E-state index contributed by atoms with van der Waals surface area (Å²) in [5.41, 5.74) is 6.72. The maximum atomic E-state index is 9.85. The minimum Gasteiger partial charge on any atom is -0.472 e. The lowest BCUT2D eigenvalue weighted by Gasteiger charge is -2.15. The fourth-order valence-corrected chi connectivity index (χ4v) is 1.93. The first kappa shape index (κ1) is 10.0. The molecule has 2 aromatic heterocycles. The third-order valence-corrected chi connectivity index (χ3v) is 2.71. The van der Waals surface area contributed by atoms with Crippen LogP contribution in [-0.4, -0.2) is 30.7 Å². The van der Waals surface area contributed by atoms with Crippen LogP contribution in [0.25, 0.3) is 11.2 Å². The lowest BCUT2D eigenvalue weighted by Crippen LogP contribution is -2.19. The summed E-state index contributed by atoms with van der Waals surface area (Å²) in [5.74, 6) is 0.853. The molecule has 0 aromatic carbocycles. The topological polar surface area (TPSA) is 99.1 Å². The Morgan fingerprint density at radius 3 is 3.00 bits per heavy atom. The molecule has 2 aromatic rings. The number of ether oxygens (including phenoxy) is 1. The third kappa shape index (κ3) is 1.43. The van der Waals surface area contributed by atoms with Crippen molar-refractivity contribution in [3.8, 4) is 0 Å². The van der Waals surface area contributed by atoms with Gasteiger partial charge >= 0.3 is 0 Å². The van der Waals surface area contributed by atoms with Gasteiger partial charge in [-0.25, -0.2) is 15.0 Å². The van der Waals surface area contributed by atoms with Crippen molar-refractivity contribution in [3.05, 3.63) is 25.0 Å². The lowest BCUT2D eigenvalue weighted by molar-refractivity contribution is 0.0113. The monoisotopic (exact) mass is 233 g/mol. The highest BCUT2D eigenvalue weighted by Gasteiger charge is 2.32. The molecule has 0 spiro atoms. The predicted octanol–water partition coefficient (Wildman–Crippen LogP) is 0.202. The van der Waals surface area contributed by atoms with Gasteiger partial charge in [-0.1, -0.05) is 6.58 Å². The first-order valence-electron chi connectivity index (χ1n) is 5.12. The molecule has 0 saturated carbocycles. The van der Waals surface area contributed by atoms with E-state index in [1.54, 1.807) is 4.57 Å². The van der Waals surface area contributed by atoms with Gasteiger partial charge in [0, 0.05) is 6.42 Å². The molecule has 3 N–H and O–H groups in total. The van der Waals surface area contributed by atoms with Crippen molar-refractivity contribution >= 4 is 17.0 Å². The molecular weight excluding hydrogens is 222 g/mol. The van der Waals surface area contributed by atoms with E-state index in [1.165, 1.54) is 12.7 Å². The van der Waals surface area contributed by atoms with Crippen molar-refractivity contribution in [2.45, 2.75) is 18.8 Å². The molecule has 1 aliphatic rings. The van der Waals surface area contributed by atoms with E-state index in [1.807, 2.05) is 0 Å². The van der Waals surface area contributed by atoms with Gasteiger partial charge in [-0.05, 0) is 0 Å². The second-order valence-corrected chi connectivity index (χ2v) is 3.90. The van der Waals surface area contributed by atoms with Crippen molar-refractivity contribution in [2.24, 2.45) is 0 Å². The second-order valence-electron chi connectivity index (χ2n) is 3.90. The smallest absolute Gasteiger partial charge is 0.204 e. The molecule has 7 heteroatoms. The van der Waals surface area contributed by atoms with Crippen LogP contribution in [0.4, 0.5) is 5.82 Å². The molecule has 2 atom stereocenters. The average Bonchev–Trinajstić information content (AvgIpc) is 2.83. The highest BCUT2D eigenvalue weighted by atomic mass is 16.5. The van der Waals surface area contributed by atoms with Gasteiger partial charge in [0.2, 0.25) is 6.23 Å². The van der Waals surface area contributed by atoms with Gasteiger partial charge < -0.3 is 15.6 Å². The van der Waals surface area contributed by atoms with E-state index in [2.05, 4.69) is 21.5 Å². The summed E-state index contributed by atoms with van der Waals surface area (Å²) < 4.78 is 7.08. The van der Waals surface area contributed by atoms with Crippen LogP contribution < -0.4 is 5.73 Å². The van der Waals surface area contributed by atoms with Crippen molar-refractivity contribution in [1.82, 2.24) is 19.5 Å². The normalized spacial score (nSPS) is 24.2. The largest absolute Gasteiger partial charge is 0.472 e. The van der Waals surface area contributed by atoms with Crippen LogP contribution in [0.3, 0.4) is 0 Å². The molecular formula is C10H11N5O2. The van der Waals surface area contributed by atoms with Crippen LogP contribution in [0.1, 0.15) is 12.6 Å². The number of hydrogen-bond donors (Lipinski definition) is 2. The number of nitrogens with zero attached hydrogens (tertiary/aromatic N) is 4. The number of fused-ring (bicyclic) bond motifs is 1. The number of nitrogen functional groups attached to an aromatic ring is 1. The molecule has 0 bridgehead atoms. The second kappa shape index (κ2) is 3.42. The number of rotatable bonds is 1. The number of aromatic nitrogens is 4. The van der Waals surface area contributed by atoms with Crippen LogP contribution in [0.15, 0.2) is 25.0 Å². The lowest BCUT2D eigenvalue weighted by atomic mass is 10.2. The summed E-state index contributed by atoms with van der Waals surface area (Å²) >= 11 is 0. The zero-order valence-corrected chi connectivity index (χ0v) is 8.95. The Hall–Kier alpha value is -2.15. The van der Waals surface area contributed by atoms with Gasteiger partial charge in [0.15, 0.2) is 11.5 Å². The van der Waals surface area contributed by atoms with E-state index < -0.39 is 12.3 Å². The Balaban J connectivity index is 2.12. The van der Waals surface area contributed by atoms with Crippen molar-refractivity contribution in [3.63, 3.8) is 0 Å². The van der Waals surface area contributed by atoms with Gasteiger partial charge in [-0.2, -0.15) is 0 Å². The summed E-state index contributed by atoms with van der Waals surface area (Å²) in [4.78, 5) is 12.1. The molecule has 3 heterocycles. The maximum Gasteiger partial charge on any atom is 0.204 e. The molecule has 0 radical (unpaired) electrons. The summed E-state index contributed by atoms with van der Waals surface area (Å²) in [6.45, 7) is 3.69. The Morgan fingerprint density at radius 1 is 1.47 bits per heavy atom. The molecule has 1 saturated heterocycles. The fraction of sp³-hybridized carbons (Fsp3) is 0.300. The fourth-order valence-electron chi connectivity index (χ4n) is 1.93.